The molecule has 1 aliphatic heterocycles. The number of hydrogen-bond acceptors (Lipinski definition) is 4. The first-order valence-corrected chi connectivity index (χ1v) is 8.40. The van der Waals surface area contributed by atoms with Gasteiger partial charge in [-0.05, 0) is 43.2 Å². The van der Waals surface area contributed by atoms with Gasteiger partial charge in [0.2, 0.25) is 5.82 Å². The minimum Gasteiger partial charge on any atom is -0.333 e. The van der Waals surface area contributed by atoms with Gasteiger partial charge in [-0.25, -0.2) is 13.8 Å². The van der Waals surface area contributed by atoms with E-state index in [0.717, 1.165) is 6.07 Å². The van der Waals surface area contributed by atoms with Crippen LogP contribution in [0.25, 0.3) is 11.0 Å². The highest BCUT2D eigenvalue weighted by atomic mass is 19.2. The summed E-state index contributed by atoms with van der Waals surface area (Å²) in [5.41, 5.74) is 1.91. The molecular weight excluding hydrogens is 338 g/mol. The van der Waals surface area contributed by atoms with Crippen LogP contribution in [0.2, 0.25) is 0 Å². The van der Waals surface area contributed by atoms with E-state index in [0.29, 0.717) is 29.6 Å². The van der Waals surface area contributed by atoms with Gasteiger partial charge in [0.05, 0.1) is 5.52 Å². The van der Waals surface area contributed by atoms with Gasteiger partial charge < -0.3 is 4.90 Å². The summed E-state index contributed by atoms with van der Waals surface area (Å²) in [4.78, 5) is 18.8. The van der Waals surface area contributed by atoms with Crippen molar-refractivity contribution in [1.29, 1.82) is 0 Å². The third-order valence-electron chi connectivity index (χ3n) is 4.94. The van der Waals surface area contributed by atoms with E-state index in [9.17, 15) is 13.6 Å². The van der Waals surface area contributed by atoms with Crippen LogP contribution < -0.4 is 0 Å². The molecule has 0 bridgehead atoms. The van der Waals surface area contributed by atoms with Crippen LogP contribution >= 0.6 is 0 Å². The average Bonchev–Trinajstić information content (AvgIpc) is 3.04. The fraction of sp³-hybridized carbons (Fsp3) is 0.263. The zero-order valence-corrected chi connectivity index (χ0v) is 14.1. The standard InChI is InChI=1S/C19H16F2N4O/c1-11-13(12-6-7-14(20)15(21)10-12)8-9-25(11)19(26)18-22-16-4-2-3-5-17(16)23-24-18/h2-7,10-11,13H,8-9H2,1H3. The molecule has 132 valence electrons. The van der Waals surface area contributed by atoms with Gasteiger partial charge in [-0.2, -0.15) is 0 Å². The number of para-hydroxylation sites is 1. The number of aromatic nitrogens is 3. The molecule has 3 aromatic rings. The predicted octanol–water partition coefficient (Wildman–Crippen LogP) is 3.32. The zero-order chi connectivity index (χ0) is 18.3. The van der Waals surface area contributed by atoms with Gasteiger partial charge in [-0.3, -0.25) is 4.79 Å². The number of fused-ring (bicyclic) bond motifs is 1. The molecule has 0 saturated carbocycles. The molecule has 1 fully saturated rings. The maximum Gasteiger partial charge on any atom is 0.293 e. The molecule has 1 aromatic heterocycles. The van der Waals surface area contributed by atoms with Gasteiger partial charge in [-0.15, -0.1) is 10.2 Å². The molecule has 0 radical (unpaired) electrons. The monoisotopic (exact) mass is 354 g/mol. The van der Waals surface area contributed by atoms with Crippen LogP contribution in [0.1, 0.15) is 35.4 Å². The van der Waals surface area contributed by atoms with E-state index in [1.807, 2.05) is 19.1 Å². The third-order valence-corrected chi connectivity index (χ3v) is 4.94. The van der Waals surface area contributed by atoms with Crippen molar-refractivity contribution < 1.29 is 13.6 Å². The first-order chi connectivity index (χ1) is 12.5. The van der Waals surface area contributed by atoms with Gasteiger partial charge >= 0.3 is 0 Å². The molecule has 5 nitrogen and oxygen atoms in total. The van der Waals surface area contributed by atoms with E-state index in [4.69, 9.17) is 0 Å². The van der Waals surface area contributed by atoms with Gasteiger partial charge in [0.25, 0.3) is 5.91 Å². The number of rotatable bonds is 2. The quantitative estimate of drug-likeness (QED) is 0.708. The second kappa shape index (κ2) is 6.40. The van der Waals surface area contributed by atoms with Gasteiger partial charge in [0.1, 0.15) is 5.52 Å². The molecule has 7 heteroatoms. The SMILES string of the molecule is CC1C(c2ccc(F)c(F)c2)CCN1C(=O)c1nnc2ccccc2n1. The fourth-order valence-corrected chi connectivity index (χ4v) is 3.51. The summed E-state index contributed by atoms with van der Waals surface area (Å²) in [5, 5.41) is 7.99. The topological polar surface area (TPSA) is 59.0 Å². The summed E-state index contributed by atoms with van der Waals surface area (Å²) >= 11 is 0. The lowest BCUT2D eigenvalue weighted by molar-refractivity contribution is 0.0729. The Morgan fingerprint density at radius 2 is 1.85 bits per heavy atom. The van der Waals surface area contributed by atoms with Gasteiger partial charge in [0, 0.05) is 18.5 Å². The van der Waals surface area contributed by atoms with Crippen molar-refractivity contribution in [2.45, 2.75) is 25.3 Å². The lowest BCUT2D eigenvalue weighted by Crippen LogP contribution is -2.36. The Labute approximate surface area is 148 Å². The molecule has 0 spiro atoms. The number of carbonyl (C=O) groups is 1. The van der Waals surface area contributed by atoms with Crippen molar-refractivity contribution in [3.63, 3.8) is 0 Å². The zero-order valence-electron chi connectivity index (χ0n) is 14.1. The predicted molar refractivity (Wildman–Crippen MR) is 91.5 cm³/mol. The molecule has 26 heavy (non-hydrogen) atoms. The maximum atomic E-state index is 13.5. The number of halogens is 2. The number of nitrogens with zero attached hydrogens (tertiary/aromatic N) is 4. The largest absolute Gasteiger partial charge is 0.333 e. The number of benzene rings is 2. The minimum absolute atomic E-state index is 0.0430. The van der Waals surface area contributed by atoms with E-state index < -0.39 is 11.6 Å². The third kappa shape index (κ3) is 2.79. The van der Waals surface area contributed by atoms with Crippen LogP contribution in [0.3, 0.4) is 0 Å². The van der Waals surface area contributed by atoms with Crippen LogP contribution in [-0.4, -0.2) is 38.6 Å². The Bertz CT molecular complexity index is 994. The van der Waals surface area contributed by atoms with E-state index in [1.165, 1.54) is 6.07 Å². The van der Waals surface area contributed by atoms with E-state index >= 15 is 0 Å². The van der Waals surface area contributed by atoms with Gasteiger partial charge in [-0.1, -0.05) is 18.2 Å². The first-order valence-electron chi connectivity index (χ1n) is 8.40. The second-order valence-corrected chi connectivity index (χ2v) is 6.43. The van der Waals surface area contributed by atoms with Crippen molar-refractivity contribution in [3.05, 3.63) is 65.5 Å². The van der Waals surface area contributed by atoms with Crippen LogP contribution in [0.4, 0.5) is 8.78 Å². The number of amides is 1. The van der Waals surface area contributed by atoms with Crippen LogP contribution in [-0.2, 0) is 0 Å². The summed E-state index contributed by atoms with van der Waals surface area (Å²) in [6.07, 6.45) is 0.666. The summed E-state index contributed by atoms with van der Waals surface area (Å²) in [6, 6.07) is 10.9. The van der Waals surface area contributed by atoms with Crippen molar-refractivity contribution in [3.8, 4) is 0 Å². The van der Waals surface area contributed by atoms with Crippen LogP contribution in [0, 0.1) is 11.6 Å². The van der Waals surface area contributed by atoms with Crippen LogP contribution in [0.5, 0.6) is 0 Å². The van der Waals surface area contributed by atoms with Crippen molar-refractivity contribution in [2.24, 2.45) is 0 Å². The lowest BCUT2D eigenvalue weighted by atomic mass is 9.92. The van der Waals surface area contributed by atoms with Crippen molar-refractivity contribution >= 4 is 16.9 Å². The number of hydrogen-bond donors (Lipinski definition) is 0. The van der Waals surface area contributed by atoms with E-state index in [2.05, 4.69) is 15.2 Å². The molecule has 0 aliphatic carbocycles. The van der Waals surface area contributed by atoms with Crippen molar-refractivity contribution in [2.75, 3.05) is 6.54 Å². The number of likely N-dealkylation sites (tertiary alicyclic amines) is 1. The molecule has 2 aromatic carbocycles. The molecular formula is C19H16F2N4O. The normalized spacial score (nSPS) is 19.9. The Hall–Kier alpha value is -2.96. The van der Waals surface area contributed by atoms with Gasteiger partial charge in [0.15, 0.2) is 11.6 Å². The maximum absolute atomic E-state index is 13.5. The highest BCUT2D eigenvalue weighted by molar-refractivity contribution is 5.92. The molecule has 4 rings (SSSR count). The highest BCUT2D eigenvalue weighted by Gasteiger charge is 2.36. The lowest BCUT2D eigenvalue weighted by Gasteiger charge is -2.24. The Morgan fingerprint density at radius 3 is 2.62 bits per heavy atom. The summed E-state index contributed by atoms with van der Waals surface area (Å²) in [7, 11) is 0. The summed E-state index contributed by atoms with van der Waals surface area (Å²) < 4.78 is 26.7. The van der Waals surface area contributed by atoms with E-state index in [-0.39, 0.29) is 23.7 Å². The molecule has 2 unspecified atom stereocenters. The van der Waals surface area contributed by atoms with Crippen molar-refractivity contribution in [1.82, 2.24) is 20.1 Å². The Kier molecular flexibility index (Phi) is 4.06. The molecule has 1 aliphatic rings. The van der Waals surface area contributed by atoms with Crippen LogP contribution in [0.15, 0.2) is 42.5 Å². The minimum atomic E-state index is -0.874. The summed E-state index contributed by atoms with van der Waals surface area (Å²) in [6.45, 7) is 2.39. The fourth-order valence-electron chi connectivity index (χ4n) is 3.51. The highest BCUT2D eigenvalue weighted by Crippen LogP contribution is 2.34. The Morgan fingerprint density at radius 1 is 1.08 bits per heavy atom. The smallest absolute Gasteiger partial charge is 0.293 e. The average molecular weight is 354 g/mol. The Balaban J connectivity index is 1.59. The molecule has 1 amide bonds. The number of carbonyl (C=O) groups excluding carboxylic acids is 1. The second-order valence-electron chi connectivity index (χ2n) is 6.43. The molecule has 2 atom stereocenters. The van der Waals surface area contributed by atoms with E-state index in [1.54, 1.807) is 23.1 Å². The first kappa shape index (κ1) is 16.5. The molecule has 0 N–H and O–H groups in total. The molecule has 1 saturated heterocycles. The summed E-state index contributed by atoms with van der Waals surface area (Å²) in [5.74, 6) is -2.07. The molecule has 2 heterocycles.